The number of aliphatic hydroxyl groups is 1. The zero-order chi connectivity index (χ0) is 12.9. The van der Waals surface area contributed by atoms with Crippen molar-refractivity contribution in [3.63, 3.8) is 0 Å². The summed E-state index contributed by atoms with van der Waals surface area (Å²) in [5.41, 5.74) is -1.09. The number of rotatable bonds is 7. The molecular formula is C10H21NO5S. The number of methoxy groups -OCH3 is 1. The molecule has 2 unspecified atom stereocenters. The highest BCUT2D eigenvalue weighted by Gasteiger charge is 2.40. The SMILES string of the molecule is COCCCS(=O)(=O)NCC1(O)CCOC1C. The summed E-state index contributed by atoms with van der Waals surface area (Å²) in [5, 5.41) is 10.1. The number of hydrogen-bond donors (Lipinski definition) is 2. The van der Waals surface area contributed by atoms with Crippen molar-refractivity contribution in [3.8, 4) is 0 Å². The first-order chi connectivity index (χ1) is 7.90. The molecule has 6 nitrogen and oxygen atoms in total. The van der Waals surface area contributed by atoms with Crippen molar-refractivity contribution >= 4 is 10.0 Å². The summed E-state index contributed by atoms with van der Waals surface area (Å²) < 4.78 is 35.6. The predicted octanol–water partition coefficient (Wildman–Crippen LogP) is -0.518. The van der Waals surface area contributed by atoms with Crippen LogP contribution in [0.2, 0.25) is 0 Å². The summed E-state index contributed by atoms with van der Waals surface area (Å²) in [7, 11) is -1.82. The molecule has 0 amide bonds. The van der Waals surface area contributed by atoms with Crippen molar-refractivity contribution in [2.75, 3.05) is 32.6 Å². The highest BCUT2D eigenvalue weighted by atomic mass is 32.2. The minimum absolute atomic E-state index is 0.00345. The second-order valence-corrected chi connectivity index (χ2v) is 6.28. The monoisotopic (exact) mass is 267 g/mol. The van der Waals surface area contributed by atoms with E-state index < -0.39 is 15.6 Å². The lowest BCUT2D eigenvalue weighted by atomic mass is 9.97. The molecule has 1 aliphatic heterocycles. The first-order valence-corrected chi connectivity index (χ1v) is 7.35. The van der Waals surface area contributed by atoms with Crippen LogP contribution in [0.25, 0.3) is 0 Å². The van der Waals surface area contributed by atoms with Crippen LogP contribution in [0.15, 0.2) is 0 Å². The van der Waals surface area contributed by atoms with Crippen molar-refractivity contribution in [3.05, 3.63) is 0 Å². The fourth-order valence-electron chi connectivity index (χ4n) is 1.70. The molecule has 0 spiro atoms. The Hall–Kier alpha value is -0.210. The van der Waals surface area contributed by atoms with Crippen LogP contribution in [0.5, 0.6) is 0 Å². The number of nitrogens with one attached hydrogen (secondary N) is 1. The van der Waals surface area contributed by atoms with E-state index in [1.807, 2.05) is 0 Å². The Bertz CT molecular complexity index is 332. The summed E-state index contributed by atoms with van der Waals surface area (Å²) in [6.07, 6.45) is 0.551. The molecular weight excluding hydrogens is 246 g/mol. The molecule has 2 N–H and O–H groups in total. The van der Waals surface area contributed by atoms with E-state index in [1.165, 1.54) is 7.11 Å². The van der Waals surface area contributed by atoms with Gasteiger partial charge in [0.25, 0.3) is 0 Å². The molecule has 0 aromatic heterocycles. The molecule has 17 heavy (non-hydrogen) atoms. The van der Waals surface area contributed by atoms with Gasteiger partial charge in [0.05, 0.1) is 11.9 Å². The maximum atomic E-state index is 11.6. The average molecular weight is 267 g/mol. The smallest absolute Gasteiger partial charge is 0.211 e. The normalized spacial score (nSPS) is 29.7. The molecule has 0 bridgehead atoms. The van der Waals surface area contributed by atoms with Gasteiger partial charge in [-0.1, -0.05) is 0 Å². The van der Waals surface area contributed by atoms with Crippen molar-refractivity contribution < 1.29 is 23.0 Å². The molecule has 2 atom stereocenters. The average Bonchev–Trinajstić information content (AvgIpc) is 2.58. The Labute approximate surface area is 102 Å². The van der Waals surface area contributed by atoms with Crippen LogP contribution in [-0.4, -0.2) is 57.9 Å². The van der Waals surface area contributed by atoms with Crippen molar-refractivity contribution in [1.29, 1.82) is 0 Å². The zero-order valence-corrected chi connectivity index (χ0v) is 11.1. The minimum Gasteiger partial charge on any atom is -0.386 e. The first kappa shape index (κ1) is 14.8. The van der Waals surface area contributed by atoms with E-state index in [4.69, 9.17) is 9.47 Å². The first-order valence-electron chi connectivity index (χ1n) is 5.70. The molecule has 102 valence electrons. The van der Waals surface area contributed by atoms with Gasteiger partial charge < -0.3 is 14.6 Å². The Morgan fingerprint density at radius 3 is 2.82 bits per heavy atom. The summed E-state index contributed by atoms with van der Waals surface area (Å²) in [6, 6.07) is 0. The van der Waals surface area contributed by atoms with Crippen molar-refractivity contribution in [2.45, 2.75) is 31.5 Å². The standard InChI is InChI=1S/C10H21NO5S/c1-9-10(12,4-6-16-9)8-11-17(13,14)7-3-5-15-2/h9,11-12H,3-8H2,1-2H3. The predicted molar refractivity (Wildman–Crippen MR) is 63.3 cm³/mol. The van der Waals surface area contributed by atoms with Crippen LogP contribution in [0.4, 0.5) is 0 Å². The molecule has 0 saturated carbocycles. The Morgan fingerprint density at radius 1 is 1.59 bits per heavy atom. The van der Waals surface area contributed by atoms with Gasteiger partial charge in [-0.3, -0.25) is 0 Å². The van der Waals surface area contributed by atoms with Crippen molar-refractivity contribution in [1.82, 2.24) is 4.72 Å². The lowest BCUT2D eigenvalue weighted by Crippen LogP contribution is -2.47. The molecule has 0 aromatic carbocycles. The van der Waals surface area contributed by atoms with Gasteiger partial charge in [-0.05, 0) is 13.3 Å². The van der Waals surface area contributed by atoms with Gasteiger partial charge in [-0.2, -0.15) is 0 Å². The van der Waals surface area contributed by atoms with Gasteiger partial charge >= 0.3 is 0 Å². The molecule has 1 aliphatic rings. The molecule has 1 saturated heterocycles. The molecule has 7 heteroatoms. The van der Waals surface area contributed by atoms with Crippen LogP contribution < -0.4 is 4.72 Å². The van der Waals surface area contributed by atoms with E-state index >= 15 is 0 Å². The highest BCUT2D eigenvalue weighted by Crippen LogP contribution is 2.24. The van der Waals surface area contributed by atoms with Gasteiger partial charge in [0.1, 0.15) is 5.60 Å². The van der Waals surface area contributed by atoms with Gasteiger partial charge in [0, 0.05) is 33.3 Å². The summed E-state index contributed by atoms with van der Waals surface area (Å²) in [5.74, 6) is 0.00611. The Balaban J connectivity index is 2.38. The van der Waals surface area contributed by atoms with E-state index in [-0.39, 0.29) is 18.4 Å². The maximum Gasteiger partial charge on any atom is 0.211 e. The Morgan fingerprint density at radius 2 is 2.29 bits per heavy atom. The number of sulfonamides is 1. The van der Waals surface area contributed by atoms with Gasteiger partial charge in [-0.15, -0.1) is 0 Å². The maximum absolute atomic E-state index is 11.6. The molecule has 1 fully saturated rings. The second-order valence-electron chi connectivity index (χ2n) is 4.35. The molecule has 0 radical (unpaired) electrons. The van der Waals surface area contributed by atoms with E-state index in [0.29, 0.717) is 26.1 Å². The van der Waals surface area contributed by atoms with Gasteiger partial charge in [0.15, 0.2) is 0 Å². The van der Waals surface area contributed by atoms with Crippen LogP contribution in [0.1, 0.15) is 19.8 Å². The lowest BCUT2D eigenvalue weighted by molar-refractivity contribution is -0.0228. The largest absolute Gasteiger partial charge is 0.386 e. The molecule has 1 rings (SSSR count). The quantitative estimate of drug-likeness (QED) is 0.606. The highest BCUT2D eigenvalue weighted by molar-refractivity contribution is 7.89. The minimum atomic E-state index is -3.35. The number of hydrogen-bond acceptors (Lipinski definition) is 5. The van der Waals surface area contributed by atoms with E-state index in [0.717, 1.165) is 0 Å². The number of ether oxygens (including phenoxy) is 2. The third-order valence-corrected chi connectivity index (χ3v) is 4.43. The Kier molecular flexibility index (Phi) is 5.33. The fourth-order valence-corrected chi connectivity index (χ4v) is 2.82. The third kappa shape index (κ3) is 4.51. The van der Waals surface area contributed by atoms with E-state index in [9.17, 15) is 13.5 Å². The van der Waals surface area contributed by atoms with E-state index in [2.05, 4.69) is 4.72 Å². The summed E-state index contributed by atoms with van der Waals surface area (Å²) in [6.45, 7) is 2.61. The second kappa shape index (κ2) is 6.10. The fraction of sp³-hybridized carbons (Fsp3) is 1.00. The lowest BCUT2D eigenvalue weighted by Gasteiger charge is -2.26. The van der Waals surface area contributed by atoms with Crippen LogP contribution >= 0.6 is 0 Å². The molecule has 0 aromatic rings. The van der Waals surface area contributed by atoms with Crippen LogP contribution in [0, 0.1) is 0 Å². The van der Waals surface area contributed by atoms with Gasteiger partial charge in [-0.25, -0.2) is 13.1 Å². The molecule has 0 aliphatic carbocycles. The topological polar surface area (TPSA) is 84.9 Å². The summed E-state index contributed by atoms with van der Waals surface area (Å²) >= 11 is 0. The zero-order valence-electron chi connectivity index (χ0n) is 10.3. The van der Waals surface area contributed by atoms with Gasteiger partial charge in [0.2, 0.25) is 10.0 Å². The van der Waals surface area contributed by atoms with Crippen molar-refractivity contribution in [2.24, 2.45) is 0 Å². The van der Waals surface area contributed by atoms with E-state index in [1.54, 1.807) is 6.92 Å². The third-order valence-electron chi connectivity index (χ3n) is 3.02. The van der Waals surface area contributed by atoms with Crippen LogP contribution in [0.3, 0.4) is 0 Å². The summed E-state index contributed by atoms with van der Waals surface area (Å²) in [4.78, 5) is 0. The van der Waals surface area contributed by atoms with Crippen LogP contribution in [-0.2, 0) is 19.5 Å². The molecule has 1 heterocycles.